The van der Waals surface area contributed by atoms with Crippen molar-refractivity contribution in [1.29, 1.82) is 0 Å². The lowest BCUT2D eigenvalue weighted by atomic mass is 9.66. The normalized spacial score (nSPS) is 42.2. The Morgan fingerprint density at radius 1 is 1.16 bits per heavy atom. The van der Waals surface area contributed by atoms with E-state index >= 15 is 0 Å². The van der Waals surface area contributed by atoms with E-state index in [4.69, 9.17) is 14.2 Å². The van der Waals surface area contributed by atoms with E-state index in [0.29, 0.717) is 11.5 Å². The van der Waals surface area contributed by atoms with Crippen molar-refractivity contribution >= 4 is 11.8 Å². The third-order valence-electron chi connectivity index (χ3n) is 10.5. The van der Waals surface area contributed by atoms with Gasteiger partial charge in [-0.2, -0.15) is 0 Å². The minimum atomic E-state index is -1.79. The molecule has 4 fully saturated rings. The van der Waals surface area contributed by atoms with Gasteiger partial charge in [0.15, 0.2) is 11.9 Å². The summed E-state index contributed by atoms with van der Waals surface area (Å²) in [4.78, 5) is 28.1. The second-order valence-corrected chi connectivity index (χ2v) is 14.1. The first-order valence-electron chi connectivity index (χ1n) is 14.3. The molecule has 0 aromatic rings. The number of hydrogen-bond acceptors (Lipinski definition) is 6. The standard InChI is InChI=1S/C31H46O6/c1-17(2)25(36-27(33)30(8)12-10-9-11-13-30)31(34)22-18(3)14-21-23(28(21,4)5)20(24(22)32)15-19-16-35-29(6,7)37-26(19)31/h15,18,20-23,25-26,34H,1,9-14,16H2,2-8H3. The molecule has 0 radical (unpaired) electrons. The summed E-state index contributed by atoms with van der Waals surface area (Å²) in [6.45, 7) is 18.4. The number of allylic oxidation sites excluding steroid dienone is 1. The minimum absolute atomic E-state index is 0.0301. The van der Waals surface area contributed by atoms with E-state index < -0.39 is 34.9 Å². The molecule has 8 atom stereocenters. The number of rotatable bonds is 4. The van der Waals surface area contributed by atoms with Crippen LogP contribution in [-0.2, 0) is 23.8 Å². The third kappa shape index (κ3) is 4.17. The first-order chi connectivity index (χ1) is 17.1. The number of ketones is 1. The zero-order chi connectivity index (χ0) is 27.1. The van der Waals surface area contributed by atoms with Crippen molar-refractivity contribution in [2.45, 2.75) is 111 Å². The van der Waals surface area contributed by atoms with Crippen LogP contribution in [0.1, 0.15) is 87.0 Å². The van der Waals surface area contributed by atoms with E-state index in [9.17, 15) is 14.7 Å². The quantitative estimate of drug-likeness (QED) is 0.401. The number of ether oxygens (including phenoxy) is 3. The molecule has 6 heteroatoms. The number of esters is 1. The van der Waals surface area contributed by atoms with Gasteiger partial charge in [0.1, 0.15) is 17.5 Å². The molecule has 1 N–H and O–H groups in total. The zero-order valence-corrected chi connectivity index (χ0v) is 23.8. The molecular formula is C31H46O6. The van der Waals surface area contributed by atoms with Gasteiger partial charge in [0.05, 0.1) is 17.9 Å². The van der Waals surface area contributed by atoms with E-state index in [-0.39, 0.29) is 41.5 Å². The summed E-state index contributed by atoms with van der Waals surface area (Å²) in [6.07, 6.45) is 5.56. The van der Waals surface area contributed by atoms with Gasteiger partial charge in [-0.1, -0.05) is 52.7 Å². The molecule has 5 rings (SSSR count). The molecule has 1 heterocycles. The van der Waals surface area contributed by atoms with Gasteiger partial charge in [0.25, 0.3) is 0 Å². The molecule has 0 aromatic carbocycles. The van der Waals surface area contributed by atoms with Crippen LogP contribution >= 0.6 is 0 Å². The fourth-order valence-electron chi connectivity index (χ4n) is 8.34. The van der Waals surface area contributed by atoms with E-state index in [1.54, 1.807) is 6.92 Å². The second kappa shape index (κ2) is 8.76. The van der Waals surface area contributed by atoms with Crippen LogP contribution < -0.4 is 0 Å². The smallest absolute Gasteiger partial charge is 0.312 e. The lowest BCUT2D eigenvalue weighted by molar-refractivity contribution is -0.300. The molecule has 5 aliphatic rings. The maximum absolute atomic E-state index is 14.4. The second-order valence-electron chi connectivity index (χ2n) is 14.1. The van der Waals surface area contributed by atoms with Gasteiger partial charge in [0.2, 0.25) is 0 Å². The van der Waals surface area contributed by atoms with E-state index in [1.807, 2.05) is 26.8 Å². The highest BCUT2D eigenvalue weighted by Gasteiger charge is 2.70. The van der Waals surface area contributed by atoms with E-state index in [0.717, 1.165) is 44.1 Å². The summed E-state index contributed by atoms with van der Waals surface area (Å²) in [7, 11) is 0. The van der Waals surface area contributed by atoms with Crippen LogP contribution in [0, 0.1) is 40.4 Å². The van der Waals surface area contributed by atoms with E-state index in [2.05, 4.69) is 27.4 Å². The van der Waals surface area contributed by atoms with Crippen LogP contribution in [0.3, 0.4) is 0 Å². The monoisotopic (exact) mass is 514 g/mol. The molecule has 6 nitrogen and oxygen atoms in total. The Bertz CT molecular complexity index is 1020. The maximum atomic E-state index is 14.4. The first kappa shape index (κ1) is 27.1. The molecule has 0 amide bonds. The highest BCUT2D eigenvalue weighted by molar-refractivity contribution is 5.89. The molecule has 0 aromatic heterocycles. The topological polar surface area (TPSA) is 82.1 Å². The van der Waals surface area contributed by atoms with Crippen LogP contribution in [0.2, 0.25) is 0 Å². The average molecular weight is 515 g/mol. The lowest BCUT2D eigenvalue weighted by Gasteiger charge is -2.51. The zero-order valence-electron chi connectivity index (χ0n) is 23.8. The summed E-state index contributed by atoms with van der Waals surface area (Å²) in [5, 5.41) is 13.0. The Morgan fingerprint density at radius 3 is 2.43 bits per heavy atom. The summed E-state index contributed by atoms with van der Waals surface area (Å²) in [5.74, 6) is -1.78. The predicted octanol–water partition coefficient (Wildman–Crippen LogP) is 5.38. The summed E-state index contributed by atoms with van der Waals surface area (Å²) < 4.78 is 18.8. The Hall–Kier alpha value is -1.50. The SMILES string of the molecule is C=C(C)C(OC(=O)C1(C)CCCCC1)C1(O)C2OC(C)(C)OCC2=CC2C(=O)C1C(C)CC1C2C1(C)C. The fraction of sp³-hybridized carbons (Fsp3) is 0.806. The van der Waals surface area contributed by atoms with Crippen molar-refractivity contribution in [2.24, 2.45) is 40.4 Å². The van der Waals surface area contributed by atoms with Gasteiger partial charge in [-0.3, -0.25) is 9.59 Å². The summed E-state index contributed by atoms with van der Waals surface area (Å²) in [6, 6.07) is 0. The van der Waals surface area contributed by atoms with Crippen LogP contribution in [0.5, 0.6) is 0 Å². The van der Waals surface area contributed by atoms with E-state index in [1.165, 1.54) is 0 Å². The van der Waals surface area contributed by atoms with Crippen LogP contribution in [0.4, 0.5) is 0 Å². The Balaban J connectivity index is 1.62. The van der Waals surface area contributed by atoms with Crippen molar-refractivity contribution in [1.82, 2.24) is 0 Å². The molecule has 4 aliphatic carbocycles. The van der Waals surface area contributed by atoms with Gasteiger partial charge in [-0.15, -0.1) is 0 Å². The number of carbonyl (C=O) groups excluding carboxylic acids is 2. The molecule has 1 saturated heterocycles. The molecular weight excluding hydrogens is 468 g/mol. The molecule has 2 bridgehead atoms. The van der Waals surface area contributed by atoms with Crippen LogP contribution in [0.15, 0.2) is 23.8 Å². The molecule has 3 saturated carbocycles. The molecule has 37 heavy (non-hydrogen) atoms. The number of hydrogen-bond donors (Lipinski definition) is 1. The van der Waals surface area contributed by atoms with Crippen LogP contribution in [-0.4, -0.2) is 47.1 Å². The minimum Gasteiger partial charge on any atom is -0.454 e. The van der Waals surface area contributed by atoms with Gasteiger partial charge in [-0.05, 0) is 81.3 Å². The average Bonchev–Trinajstić information content (AvgIpc) is 3.39. The third-order valence-corrected chi connectivity index (χ3v) is 10.5. The number of fused-ring (bicyclic) bond motifs is 5. The largest absolute Gasteiger partial charge is 0.454 e. The Labute approximate surface area is 222 Å². The van der Waals surface area contributed by atoms with Crippen molar-refractivity contribution in [3.8, 4) is 0 Å². The van der Waals surface area contributed by atoms with Crippen molar-refractivity contribution in [2.75, 3.05) is 6.61 Å². The van der Waals surface area contributed by atoms with Crippen LogP contribution in [0.25, 0.3) is 0 Å². The van der Waals surface area contributed by atoms with Crippen molar-refractivity contribution < 1.29 is 28.9 Å². The predicted molar refractivity (Wildman–Crippen MR) is 140 cm³/mol. The highest BCUT2D eigenvalue weighted by atomic mass is 16.7. The molecule has 8 unspecified atom stereocenters. The van der Waals surface area contributed by atoms with Crippen molar-refractivity contribution in [3.05, 3.63) is 23.8 Å². The number of Topliss-reactive ketones (excluding diaryl/α,β-unsaturated/α-hetero) is 1. The fourth-order valence-corrected chi connectivity index (χ4v) is 8.34. The van der Waals surface area contributed by atoms with Gasteiger partial charge >= 0.3 is 5.97 Å². The van der Waals surface area contributed by atoms with Gasteiger partial charge < -0.3 is 19.3 Å². The highest BCUT2D eigenvalue weighted by Crippen LogP contribution is 2.68. The molecule has 0 spiro atoms. The molecule has 206 valence electrons. The molecule has 1 aliphatic heterocycles. The first-order valence-corrected chi connectivity index (χ1v) is 14.3. The summed E-state index contributed by atoms with van der Waals surface area (Å²) in [5.41, 5.74) is -1.03. The number of aliphatic hydroxyl groups is 1. The maximum Gasteiger partial charge on any atom is 0.312 e. The van der Waals surface area contributed by atoms with Gasteiger partial charge in [0, 0.05) is 5.92 Å². The lowest BCUT2D eigenvalue weighted by Crippen LogP contribution is -2.66. The van der Waals surface area contributed by atoms with Crippen molar-refractivity contribution in [3.63, 3.8) is 0 Å². The Kier molecular flexibility index (Phi) is 6.41. The summed E-state index contributed by atoms with van der Waals surface area (Å²) >= 11 is 0. The Morgan fingerprint density at radius 2 is 1.81 bits per heavy atom. The number of carbonyl (C=O) groups is 2. The van der Waals surface area contributed by atoms with Gasteiger partial charge in [-0.25, -0.2) is 0 Å².